The molecule has 0 radical (unpaired) electrons. The Morgan fingerprint density at radius 3 is 2.28 bits per heavy atom. The first-order chi connectivity index (χ1) is 14.0. The third-order valence-corrected chi connectivity index (χ3v) is 5.05. The molecule has 0 aliphatic rings. The summed E-state index contributed by atoms with van der Waals surface area (Å²) in [5.74, 6) is -0.681. The highest BCUT2D eigenvalue weighted by molar-refractivity contribution is 7.99. The molecule has 8 heteroatoms. The van der Waals surface area contributed by atoms with Gasteiger partial charge in [-0.15, -0.1) is 0 Å². The summed E-state index contributed by atoms with van der Waals surface area (Å²) in [4.78, 5) is 38.5. The average molecular weight is 417 g/mol. The Labute approximate surface area is 174 Å². The number of para-hydroxylation sites is 1. The Morgan fingerprint density at radius 1 is 0.931 bits per heavy atom. The second kappa shape index (κ2) is 11.9. The summed E-state index contributed by atoms with van der Waals surface area (Å²) >= 11 is 1.57. The third kappa shape index (κ3) is 7.97. The van der Waals surface area contributed by atoms with Gasteiger partial charge in [-0.3, -0.25) is 14.9 Å². The van der Waals surface area contributed by atoms with Gasteiger partial charge in [0, 0.05) is 9.79 Å². The van der Waals surface area contributed by atoms with Gasteiger partial charge >= 0.3 is 6.09 Å². The van der Waals surface area contributed by atoms with Gasteiger partial charge < -0.3 is 15.0 Å². The van der Waals surface area contributed by atoms with E-state index >= 15 is 0 Å². The molecule has 0 saturated heterocycles. The number of carbonyl (C=O) groups is 3. The van der Waals surface area contributed by atoms with Crippen LogP contribution >= 0.6 is 11.8 Å². The number of carbonyl (C=O) groups excluding carboxylic acids is 3. The van der Waals surface area contributed by atoms with Crippen LogP contribution in [0.2, 0.25) is 0 Å². The number of amides is 3. The van der Waals surface area contributed by atoms with E-state index in [1.165, 1.54) is 0 Å². The minimum Gasteiger partial charge on any atom is -0.450 e. The normalized spacial score (nSPS) is 11.4. The van der Waals surface area contributed by atoms with Gasteiger partial charge in [0.2, 0.25) is 0 Å². The highest BCUT2D eigenvalue weighted by atomic mass is 32.2. The van der Waals surface area contributed by atoms with Gasteiger partial charge in [-0.1, -0.05) is 42.1 Å². The lowest BCUT2D eigenvalue weighted by Crippen LogP contribution is -3.14. The molecule has 2 aromatic rings. The molecule has 0 spiro atoms. The zero-order chi connectivity index (χ0) is 21.1. The topological polar surface area (TPSA) is 88.9 Å². The predicted molar refractivity (Wildman–Crippen MR) is 112 cm³/mol. The van der Waals surface area contributed by atoms with E-state index in [1.807, 2.05) is 61.5 Å². The molecule has 3 amide bonds. The van der Waals surface area contributed by atoms with E-state index in [0.29, 0.717) is 6.54 Å². The smallest absolute Gasteiger partial charge is 0.414 e. The van der Waals surface area contributed by atoms with Gasteiger partial charge in [0.15, 0.2) is 13.1 Å². The summed E-state index contributed by atoms with van der Waals surface area (Å²) in [6.45, 7) is 4.39. The van der Waals surface area contributed by atoms with Crippen LogP contribution in [0.1, 0.15) is 13.8 Å². The molecule has 0 saturated carbocycles. The monoisotopic (exact) mass is 416 g/mol. The van der Waals surface area contributed by atoms with Crippen molar-refractivity contribution in [1.82, 2.24) is 5.32 Å². The second-order valence-electron chi connectivity index (χ2n) is 6.19. The van der Waals surface area contributed by atoms with Crippen molar-refractivity contribution in [3.8, 4) is 0 Å². The number of imide groups is 1. The van der Waals surface area contributed by atoms with Crippen molar-refractivity contribution in [3.63, 3.8) is 0 Å². The van der Waals surface area contributed by atoms with E-state index in [4.69, 9.17) is 0 Å². The zero-order valence-electron chi connectivity index (χ0n) is 16.6. The Morgan fingerprint density at radius 2 is 1.59 bits per heavy atom. The SMILES string of the molecule is CCOC(=O)NC(=O)C[NH+](CC)CC(=O)Nc1ccccc1Sc1ccccc1. The molecular formula is C21H26N3O4S+. The Bertz CT molecular complexity index is 830. The number of likely N-dealkylation sites (N-methyl/N-ethyl adjacent to an activating group) is 1. The van der Waals surface area contributed by atoms with E-state index in [9.17, 15) is 14.4 Å². The average Bonchev–Trinajstić information content (AvgIpc) is 2.69. The maximum Gasteiger partial charge on any atom is 0.414 e. The fourth-order valence-corrected chi connectivity index (χ4v) is 3.48. The number of alkyl carbamates (subject to hydrolysis) is 1. The van der Waals surface area contributed by atoms with Gasteiger partial charge in [-0.05, 0) is 38.1 Å². The number of benzene rings is 2. The van der Waals surface area contributed by atoms with E-state index in [-0.39, 0.29) is 25.6 Å². The Hall–Kier alpha value is -2.84. The number of ether oxygens (including phenoxy) is 1. The molecule has 2 rings (SSSR count). The highest BCUT2D eigenvalue weighted by Gasteiger charge is 2.19. The summed E-state index contributed by atoms with van der Waals surface area (Å²) in [6, 6.07) is 17.5. The number of hydrogen-bond acceptors (Lipinski definition) is 5. The van der Waals surface area contributed by atoms with Crippen molar-refractivity contribution >= 4 is 35.4 Å². The Kier molecular flexibility index (Phi) is 9.20. The molecule has 0 heterocycles. The molecule has 0 aliphatic heterocycles. The van der Waals surface area contributed by atoms with E-state index < -0.39 is 12.0 Å². The van der Waals surface area contributed by atoms with Crippen LogP contribution in [0.5, 0.6) is 0 Å². The fourth-order valence-electron chi connectivity index (χ4n) is 2.56. The lowest BCUT2D eigenvalue weighted by molar-refractivity contribution is -0.881. The number of hydrogen-bond donors (Lipinski definition) is 3. The van der Waals surface area contributed by atoms with Crippen molar-refractivity contribution in [2.75, 3.05) is 31.6 Å². The molecule has 0 aliphatic carbocycles. The molecule has 154 valence electrons. The van der Waals surface area contributed by atoms with Crippen LogP contribution in [0.15, 0.2) is 64.4 Å². The van der Waals surface area contributed by atoms with Gasteiger partial charge in [-0.25, -0.2) is 4.79 Å². The lowest BCUT2D eigenvalue weighted by atomic mass is 10.3. The molecule has 2 aromatic carbocycles. The fraction of sp³-hybridized carbons (Fsp3) is 0.286. The molecule has 3 N–H and O–H groups in total. The van der Waals surface area contributed by atoms with Crippen molar-refractivity contribution < 1.29 is 24.0 Å². The first-order valence-electron chi connectivity index (χ1n) is 9.43. The molecule has 0 bridgehead atoms. The van der Waals surface area contributed by atoms with Crippen LogP contribution in [0, 0.1) is 0 Å². The second-order valence-corrected chi connectivity index (χ2v) is 7.30. The summed E-state index contributed by atoms with van der Waals surface area (Å²) in [5.41, 5.74) is 0.720. The van der Waals surface area contributed by atoms with Crippen LogP contribution in [-0.2, 0) is 14.3 Å². The standard InChI is InChI=1S/C21H25N3O4S/c1-3-24(15-20(26)23-21(27)28-4-2)14-19(25)22-17-12-8-9-13-18(17)29-16-10-6-5-7-11-16/h5-13H,3-4,14-15H2,1-2H3,(H,22,25)(H,23,26,27)/p+1. The number of rotatable bonds is 9. The van der Waals surface area contributed by atoms with Crippen LogP contribution in [0.4, 0.5) is 10.5 Å². The van der Waals surface area contributed by atoms with E-state index in [1.54, 1.807) is 18.7 Å². The molecule has 1 unspecified atom stereocenters. The predicted octanol–water partition coefficient (Wildman–Crippen LogP) is 1.95. The van der Waals surface area contributed by atoms with Gasteiger partial charge in [-0.2, -0.15) is 0 Å². The minimum atomic E-state index is -0.774. The summed E-state index contributed by atoms with van der Waals surface area (Å²) in [6.07, 6.45) is -0.774. The van der Waals surface area contributed by atoms with Crippen molar-refractivity contribution in [2.45, 2.75) is 23.6 Å². The maximum absolute atomic E-state index is 12.5. The largest absolute Gasteiger partial charge is 0.450 e. The highest BCUT2D eigenvalue weighted by Crippen LogP contribution is 2.32. The van der Waals surface area contributed by atoms with Crippen LogP contribution < -0.4 is 15.5 Å². The van der Waals surface area contributed by atoms with Crippen LogP contribution in [0.25, 0.3) is 0 Å². The lowest BCUT2D eigenvalue weighted by Gasteiger charge is -2.17. The summed E-state index contributed by atoms with van der Waals surface area (Å²) < 4.78 is 4.69. The number of anilines is 1. The van der Waals surface area contributed by atoms with Gasteiger partial charge in [0.25, 0.3) is 11.8 Å². The minimum absolute atomic E-state index is 0.00312. The van der Waals surface area contributed by atoms with Crippen molar-refractivity contribution in [2.24, 2.45) is 0 Å². The third-order valence-electron chi connectivity index (χ3n) is 3.97. The molecule has 0 aromatic heterocycles. The van der Waals surface area contributed by atoms with Crippen LogP contribution in [0.3, 0.4) is 0 Å². The Balaban J connectivity index is 1.94. The zero-order valence-corrected chi connectivity index (χ0v) is 17.4. The summed E-state index contributed by atoms with van der Waals surface area (Å²) in [5, 5.41) is 5.07. The molecule has 7 nitrogen and oxygen atoms in total. The number of quaternary nitrogens is 1. The van der Waals surface area contributed by atoms with E-state index in [2.05, 4.69) is 15.4 Å². The molecular weight excluding hydrogens is 390 g/mol. The molecule has 0 fully saturated rings. The summed E-state index contributed by atoms with van der Waals surface area (Å²) in [7, 11) is 0. The van der Waals surface area contributed by atoms with Crippen molar-refractivity contribution in [3.05, 3.63) is 54.6 Å². The quantitative estimate of drug-likeness (QED) is 0.582. The maximum atomic E-state index is 12.5. The van der Waals surface area contributed by atoms with E-state index in [0.717, 1.165) is 20.4 Å². The first-order valence-corrected chi connectivity index (χ1v) is 10.2. The van der Waals surface area contributed by atoms with Gasteiger partial charge in [0.1, 0.15) is 0 Å². The number of nitrogens with one attached hydrogen (secondary N) is 3. The van der Waals surface area contributed by atoms with Gasteiger partial charge in [0.05, 0.1) is 18.8 Å². The molecule has 29 heavy (non-hydrogen) atoms. The van der Waals surface area contributed by atoms with Crippen molar-refractivity contribution in [1.29, 1.82) is 0 Å². The van der Waals surface area contributed by atoms with Crippen LogP contribution in [-0.4, -0.2) is 44.1 Å². The molecule has 1 atom stereocenters. The first kappa shape index (κ1) is 22.4.